The number of hydrogen-bond donors (Lipinski definition) is 1. The van der Waals surface area contributed by atoms with E-state index in [0.29, 0.717) is 5.92 Å². The van der Waals surface area contributed by atoms with E-state index in [1.165, 1.54) is 22.3 Å². The lowest BCUT2D eigenvalue weighted by Crippen LogP contribution is -2.03. The number of rotatable bonds is 3. The number of ether oxygens (including phenoxy) is 1. The van der Waals surface area contributed by atoms with Crippen molar-refractivity contribution in [2.24, 2.45) is 11.7 Å². The zero-order valence-electron chi connectivity index (χ0n) is 11.3. The van der Waals surface area contributed by atoms with Crippen LogP contribution in [0.3, 0.4) is 0 Å². The van der Waals surface area contributed by atoms with Crippen LogP contribution in [-0.2, 0) is 12.8 Å². The Bertz CT molecular complexity index is 514. The van der Waals surface area contributed by atoms with Crippen LogP contribution in [0.2, 0.25) is 0 Å². The van der Waals surface area contributed by atoms with Crippen LogP contribution in [0.1, 0.15) is 37.0 Å². The molecule has 0 fully saturated rings. The van der Waals surface area contributed by atoms with Crippen molar-refractivity contribution in [2.75, 3.05) is 13.2 Å². The summed E-state index contributed by atoms with van der Waals surface area (Å²) < 4.78 is 5.69. The summed E-state index contributed by atoms with van der Waals surface area (Å²) in [5.74, 6) is 1.70. The van der Waals surface area contributed by atoms with Gasteiger partial charge in [-0.25, -0.2) is 0 Å². The predicted molar refractivity (Wildman–Crippen MR) is 74.8 cm³/mol. The van der Waals surface area contributed by atoms with E-state index in [0.717, 1.165) is 38.2 Å². The van der Waals surface area contributed by atoms with Gasteiger partial charge in [-0.1, -0.05) is 25.5 Å². The quantitative estimate of drug-likeness (QED) is 0.886. The Kier molecular flexibility index (Phi) is 2.90. The maximum Gasteiger partial charge on any atom is 0.123 e. The highest BCUT2D eigenvalue weighted by Crippen LogP contribution is 2.44. The van der Waals surface area contributed by atoms with Gasteiger partial charge in [0.1, 0.15) is 5.75 Å². The zero-order valence-corrected chi connectivity index (χ0v) is 11.3. The summed E-state index contributed by atoms with van der Waals surface area (Å²) in [7, 11) is 0. The summed E-state index contributed by atoms with van der Waals surface area (Å²) in [5, 5.41) is 0. The van der Waals surface area contributed by atoms with Gasteiger partial charge in [0.25, 0.3) is 0 Å². The standard InChI is InChI=1S/C16H21NO/c1-10(2)14-9-11-3-4-15-13(6-8-18-15)16(11)12(14)5-7-17/h3-4,10H,5-9,17H2,1-2H3. The minimum Gasteiger partial charge on any atom is -0.493 e. The molecule has 2 heteroatoms. The van der Waals surface area contributed by atoms with Gasteiger partial charge in [0.05, 0.1) is 6.61 Å². The molecule has 2 nitrogen and oxygen atoms in total. The lowest BCUT2D eigenvalue weighted by Gasteiger charge is -2.12. The Morgan fingerprint density at radius 3 is 2.89 bits per heavy atom. The molecule has 0 saturated heterocycles. The van der Waals surface area contributed by atoms with Gasteiger partial charge in [-0.05, 0) is 48.1 Å². The Balaban J connectivity index is 2.14. The van der Waals surface area contributed by atoms with Crippen LogP contribution in [0.15, 0.2) is 17.7 Å². The highest BCUT2D eigenvalue weighted by Gasteiger charge is 2.28. The summed E-state index contributed by atoms with van der Waals surface area (Å²) >= 11 is 0. The summed E-state index contributed by atoms with van der Waals surface area (Å²) in [6.07, 6.45) is 3.16. The third-order valence-electron chi connectivity index (χ3n) is 4.13. The van der Waals surface area contributed by atoms with Crippen molar-refractivity contribution < 1.29 is 4.74 Å². The molecule has 0 radical (unpaired) electrons. The van der Waals surface area contributed by atoms with Crippen molar-refractivity contribution >= 4 is 5.57 Å². The Morgan fingerprint density at radius 2 is 2.17 bits per heavy atom. The molecule has 0 aromatic heterocycles. The summed E-state index contributed by atoms with van der Waals surface area (Å²) in [6.45, 7) is 6.14. The topological polar surface area (TPSA) is 35.2 Å². The molecule has 96 valence electrons. The van der Waals surface area contributed by atoms with Crippen LogP contribution < -0.4 is 10.5 Å². The first kappa shape index (κ1) is 11.8. The van der Waals surface area contributed by atoms with E-state index in [4.69, 9.17) is 10.5 Å². The molecule has 2 aliphatic rings. The van der Waals surface area contributed by atoms with E-state index in [9.17, 15) is 0 Å². The molecule has 3 rings (SSSR count). The highest BCUT2D eigenvalue weighted by atomic mass is 16.5. The van der Waals surface area contributed by atoms with Crippen LogP contribution in [-0.4, -0.2) is 13.2 Å². The van der Waals surface area contributed by atoms with Gasteiger partial charge in [0.2, 0.25) is 0 Å². The maximum absolute atomic E-state index is 5.81. The number of fused-ring (bicyclic) bond motifs is 3. The van der Waals surface area contributed by atoms with Crippen LogP contribution in [0.25, 0.3) is 5.57 Å². The lowest BCUT2D eigenvalue weighted by atomic mass is 9.93. The highest BCUT2D eigenvalue weighted by molar-refractivity contribution is 5.80. The van der Waals surface area contributed by atoms with Crippen molar-refractivity contribution in [2.45, 2.75) is 33.1 Å². The van der Waals surface area contributed by atoms with Gasteiger partial charge >= 0.3 is 0 Å². The van der Waals surface area contributed by atoms with Crippen LogP contribution in [0.5, 0.6) is 5.75 Å². The SMILES string of the molecule is CC(C)C1=C(CCN)c2c(ccc3c2CCO3)C1. The molecule has 0 bridgehead atoms. The molecule has 0 saturated carbocycles. The largest absolute Gasteiger partial charge is 0.493 e. The van der Waals surface area contributed by atoms with E-state index in [-0.39, 0.29) is 0 Å². The lowest BCUT2D eigenvalue weighted by molar-refractivity contribution is 0.357. The Morgan fingerprint density at radius 1 is 1.33 bits per heavy atom. The second-order valence-corrected chi connectivity index (χ2v) is 5.55. The summed E-state index contributed by atoms with van der Waals surface area (Å²) in [4.78, 5) is 0. The minimum atomic E-state index is 0.608. The fourth-order valence-electron chi connectivity index (χ4n) is 3.30. The van der Waals surface area contributed by atoms with Gasteiger partial charge in [-0.2, -0.15) is 0 Å². The van der Waals surface area contributed by atoms with Gasteiger partial charge in [-0.3, -0.25) is 0 Å². The first-order valence-corrected chi connectivity index (χ1v) is 6.92. The van der Waals surface area contributed by atoms with E-state index in [1.54, 1.807) is 5.57 Å². The normalized spacial score (nSPS) is 17.1. The average Bonchev–Trinajstić information content (AvgIpc) is 2.92. The summed E-state index contributed by atoms with van der Waals surface area (Å²) in [5.41, 5.74) is 13.3. The predicted octanol–water partition coefficient (Wildman–Crippen LogP) is 2.94. The molecule has 1 heterocycles. The van der Waals surface area contributed by atoms with Gasteiger partial charge in [-0.15, -0.1) is 0 Å². The molecular weight excluding hydrogens is 222 g/mol. The van der Waals surface area contributed by atoms with E-state index >= 15 is 0 Å². The molecule has 0 spiro atoms. The van der Waals surface area contributed by atoms with E-state index in [2.05, 4.69) is 26.0 Å². The van der Waals surface area contributed by atoms with Gasteiger partial charge in [0, 0.05) is 12.0 Å². The molecule has 1 aliphatic heterocycles. The molecule has 0 atom stereocenters. The van der Waals surface area contributed by atoms with E-state index in [1.807, 2.05) is 0 Å². The van der Waals surface area contributed by atoms with Gasteiger partial charge < -0.3 is 10.5 Å². The Labute approximate surface area is 109 Å². The maximum atomic E-state index is 5.81. The number of nitrogens with two attached hydrogens (primary N) is 1. The molecular formula is C16H21NO. The third-order valence-corrected chi connectivity index (χ3v) is 4.13. The van der Waals surface area contributed by atoms with Crippen LogP contribution in [0.4, 0.5) is 0 Å². The fourth-order valence-corrected chi connectivity index (χ4v) is 3.30. The first-order valence-electron chi connectivity index (χ1n) is 6.92. The molecule has 1 aliphatic carbocycles. The van der Waals surface area contributed by atoms with Crippen molar-refractivity contribution in [3.8, 4) is 5.75 Å². The zero-order chi connectivity index (χ0) is 12.7. The smallest absolute Gasteiger partial charge is 0.123 e. The monoisotopic (exact) mass is 243 g/mol. The average molecular weight is 243 g/mol. The molecule has 0 unspecified atom stereocenters. The second kappa shape index (κ2) is 4.43. The van der Waals surface area contributed by atoms with Crippen molar-refractivity contribution in [3.63, 3.8) is 0 Å². The second-order valence-electron chi connectivity index (χ2n) is 5.55. The molecule has 2 N–H and O–H groups in total. The Hall–Kier alpha value is -1.28. The number of benzene rings is 1. The molecule has 18 heavy (non-hydrogen) atoms. The molecule has 1 aromatic carbocycles. The fraction of sp³-hybridized carbons (Fsp3) is 0.500. The van der Waals surface area contributed by atoms with Gasteiger partial charge in [0.15, 0.2) is 0 Å². The molecule has 0 amide bonds. The minimum absolute atomic E-state index is 0.608. The van der Waals surface area contributed by atoms with Crippen LogP contribution in [0, 0.1) is 5.92 Å². The van der Waals surface area contributed by atoms with Crippen LogP contribution >= 0.6 is 0 Å². The van der Waals surface area contributed by atoms with E-state index < -0.39 is 0 Å². The first-order chi connectivity index (χ1) is 8.72. The number of hydrogen-bond acceptors (Lipinski definition) is 2. The van der Waals surface area contributed by atoms with Crippen molar-refractivity contribution in [3.05, 3.63) is 34.4 Å². The number of allylic oxidation sites excluding steroid dienone is 1. The van der Waals surface area contributed by atoms with Crippen molar-refractivity contribution in [1.82, 2.24) is 0 Å². The summed E-state index contributed by atoms with van der Waals surface area (Å²) in [6, 6.07) is 4.38. The van der Waals surface area contributed by atoms with Crippen molar-refractivity contribution in [1.29, 1.82) is 0 Å². The third kappa shape index (κ3) is 1.67. The molecule has 1 aromatic rings.